The summed E-state index contributed by atoms with van der Waals surface area (Å²) in [6.07, 6.45) is -2.29. The van der Waals surface area contributed by atoms with Crippen LogP contribution in [0.1, 0.15) is 107 Å². The molecule has 1 aliphatic rings. The van der Waals surface area contributed by atoms with E-state index >= 15 is 0 Å². The van der Waals surface area contributed by atoms with Gasteiger partial charge in [-0.3, -0.25) is 0 Å². The number of amides is 4. The second-order valence-corrected chi connectivity index (χ2v) is 23.8. The molecule has 2 atom stereocenters. The van der Waals surface area contributed by atoms with Crippen LogP contribution in [0.25, 0.3) is 0 Å². The highest BCUT2D eigenvalue weighted by Crippen LogP contribution is 2.26. The van der Waals surface area contributed by atoms with Crippen LogP contribution in [-0.2, 0) is 52.6 Å². The normalized spacial score (nSPS) is 15.6. The number of carbonyl (C=O) groups is 4. The predicted octanol–water partition coefficient (Wildman–Crippen LogP) is 7.70. The highest BCUT2D eigenvalue weighted by atomic mass is 79.9. The Morgan fingerprint density at radius 2 is 1.18 bits per heavy atom. The third-order valence-corrected chi connectivity index (χ3v) is 13.2. The molecule has 0 spiro atoms. The number of ether oxygens (including phenoxy) is 4. The van der Waals surface area contributed by atoms with Crippen LogP contribution in [0.3, 0.4) is 0 Å². The van der Waals surface area contributed by atoms with Gasteiger partial charge in [-0.25, -0.2) is 19.2 Å². The van der Waals surface area contributed by atoms with E-state index < -0.39 is 78.9 Å². The quantitative estimate of drug-likeness (QED) is 0.116. The summed E-state index contributed by atoms with van der Waals surface area (Å²) in [5, 5.41) is 6.01. The third kappa shape index (κ3) is 20.9. The van der Waals surface area contributed by atoms with Crippen LogP contribution in [0.15, 0.2) is 60.7 Å². The Labute approximate surface area is 395 Å². The highest BCUT2D eigenvalue weighted by molar-refractivity contribution is 9.09. The van der Waals surface area contributed by atoms with E-state index in [1.807, 2.05) is 65.8 Å². The largest absolute Gasteiger partial charge is 0.444 e. The lowest BCUT2D eigenvalue weighted by Gasteiger charge is -2.39. The first kappa shape index (κ1) is 56.9. The molecule has 0 aromatic heterocycles. The molecular formula is C44H71BrN6O12S2. The van der Waals surface area contributed by atoms with Gasteiger partial charge in [0.2, 0.25) is 0 Å². The molecule has 2 aromatic rings. The maximum absolute atomic E-state index is 13.1. The van der Waals surface area contributed by atoms with Crippen LogP contribution < -0.4 is 15.4 Å². The lowest BCUT2D eigenvalue weighted by atomic mass is 9.86. The molecule has 3 rings (SSSR count). The number of nitrogens with zero attached hydrogens (tertiary/aromatic N) is 3. The van der Waals surface area contributed by atoms with Crippen LogP contribution in [0.4, 0.5) is 19.2 Å². The van der Waals surface area contributed by atoms with Crippen LogP contribution >= 0.6 is 15.9 Å². The minimum absolute atomic E-state index is 0.00748. The number of alkyl carbamates (subject to hydrolysis) is 2. The number of rotatable bonds is 15. The molecule has 4 amide bonds. The minimum Gasteiger partial charge on any atom is -0.444 e. The smallest absolute Gasteiger partial charge is 0.424 e. The van der Waals surface area contributed by atoms with Crippen molar-refractivity contribution in [3.63, 3.8) is 0 Å². The molecule has 0 unspecified atom stereocenters. The summed E-state index contributed by atoms with van der Waals surface area (Å²) < 4.78 is 78.4. The fraction of sp³-hybridized carbons (Fsp3) is 0.636. The average molecular weight is 1020 g/mol. The first-order chi connectivity index (χ1) is 29.9. The molecule has 2 aromatic carbocycles. The molecule has 1 aliphatic heterocycles. The lowest BCUT2D eigenvalue weighted by molar-refractivity contribution is 0.0444. The summed E-state index contributed by atoms with van der Waals surface area (Å²) in [7, 11) is -8.32. The summed E-state index contributed by atoms with van der Waals surface area (Å²) in [6.45, 7) is 21.8. The van der Waals surface area contributed by atoms with E-state index in [-0.39, 0.29) is 45.9 Å². The predicted molar refractivity (Wildman–Crippen MR) is 252 cm³/mol. The molecule has 0 radical (unpaired) electrons. The Balaban J connectivity index is 0.000000447. The molecule has 1 saturated heterocycles. The second-order valence-electron chi connectivity index (χ2n) is 19.5. The summed E-state index contributed by atoms with van der Waals surface area (Å²) in [4.78, 5) is 49.8. The van der Waals surface area contributed by atoms with E-state index in [1.165, 1.54) is 4.31 Å². The molecule has 368 valence electrons. The summed E-state index contributed by atoms with van der Waals surface area (Å²) in [6, 6.07) is 16.9. The number of hydrogen-bond acceptors (Lipinski definition) is 12. The SMILES string of the molecule is CC(C)(C)OC(=O)N[C@H](CN1CCCN(C(=O)OCc2ccccc2)S1(=O)=O)C(C)(C)C.CC(C)(C)OC(=O)N[C@H](CNS(=O)(=O)N(CCCBr)C(=O)OCc1ccccc1)C(C)(C)C. The fourth-order valence-corrected chi connectivity index (χ4v) is 8.69. The van der Waals surface area contributed by atoms with Gasteiger partial charge in [-0.2, -0.15) is 34.5 Å². The van der Waals surface area contributed by atoms with Crippen molar-refractivity contribution in [2.75, 3.05) is 38.1 Å². The van der Waals surface area contributed by atoms with Gasteiger partial charge in [0.15, 0.2) is 0 Å². The van der Waals surface area contributed by atoms with Crippen molar-refractivity contribution >= 4 is 60.7 Å². The van der Waals surface area contributed by atoms with Crippen molar-refractivity contribution in [1.82, 2.24) is 28.3 Å². The Kier molecular flexibility index (Phi) is 21.5. The Morgan fingerprint density at radius 3 is 1.63 bits per heavy atom. The maximum atomic E-state index is 13.1. The highest BCUT2D eigenvalue weighted by Gasteiger charge is 2.41. The molecule has 18 nitrogen and oxygen atoms in total. The molecule has 1 heterocycles. The van der Waals surface area contributed by atoms with Crippen molar-refractivity contribution in [2.24, 2.45) is 10.8 Å². The minimum atomic E-state index is -4.23. The number of hydrogen-bond donors (Lipinski definition) is 3. The van der Waals surface area contributed by atoms with Crippen LogP contribution in [0, 0.1) is 10.8 Å². The van der Waals surface area contributed by atoms with E-state index in [4.69, 9.17) is 18.9 Å². The van der Waals surface area contributed by atoms with Gasteiger partial charge in [-0.15, -0.1) is 0 Å². The van der Waals surface area contributed by atoms with Gasteiger partial charge < -0.3 is 29.6 Å². The van der Waals surface area contributed by atoms with E-state index in [1.54, 1.807) is 77.9 Å². The van der Waals surface area contributed by atoms with Gasteiger partial charge >= 0.3 is 44.8 Å². The summed E-state index contributed by atoms with van der Waals surface area (Å²) in [5.74, 6) is 0. The van der Waals surface area contributed by atoms with Gasteiger partial charge in [0.1, 0.15) is 24.4 Å². The van der Waals surface area contributed by atoms with Gasteiger partial charge in [0.05, 0.1) is 12.1 Å². The van der Waals surface area contributed by atoms with Gasteiger partial charge in [-0.1, -0.05) is 118 Å². The molecule has 1 fully saturated rings. The van der Waals surface area contributed by atoms with Gasteiger partial charge in [0, 0.05) is 38.1 Å². The van der Waals surface area contributed by atoms with E-state index in [0.29, 0.717) is 22.5 Å². The van der Waals surface area contributed by atoms with E-state index in [2.05, 4.69) is 31.3 Å². The third-order valence-electron chi connectivity index (χ3n) is 9.30. The molecular weight excluding hydrogens is 949 g/mol. The Hall–Kier alpha value is -4.18. The zero-order valence-corrected chi connectivity index (χ0v) is 43.2. The summed E-state index contributed by atoms with van der Waals surface area (Å²) >= 11 is 3.25. The van der Waals surface area contributed by atoms with Crippen LogP contribution in [0.5, 0.6) is 0 Å². The first-order valence-corrected chi connectivity index (χ1v) is 25.3. The molecule has 0 saturated carbocycles. The lowest BCUT2D eigenvalue weighted by Crippen LogP contribution is -2.58. The van der Waals surface area contributed by atoms with Gasteiger partial charge in [-0.05, 0) is 76.3 Å². The monoisotopic (exact) mass is 1020 g/mol. The number of halogens is 1. The average Bonchev–Trinajstić information content (AvgIpc) is 3.17. The van der Waals surface area contributed by atoms with E-state index in [9.17, 15) is 36.0 Å². The molecule has 0 aliphatic carbocycles. The van der Waals surface area contributed by atoms with Crippen molar-refractivity contribution in [1.29, 1.82) is 0 Å². The zero-order valence-electron chi connectivity index (χ0n) is 39.9. The summed E-state index contributed by atoms with van der Waals surface area (Å²) in [5.41, 5.74) is -0.812. The van der Waals surface area contributed by atoms with Crippen molar-refractivity contribution < 1.29 is 55.0 Å². The topological polar surface area (TPSA) is 219 Å². The fourth-order valence-electron chi connectivity index (χ4n) is 5.71. The molecule has 65 heavy (non-hydrogen) atoms. The molecule has 3 N–H and O–H groups in total. The standard InChI is InChI=1S/C22H36BrN3O6S.C22H35N3O6S/c1-21(2,3)18(25-19(27)32-22(4,5)6)15-24-33(29,30)26(14-10-13-23)20(28)31-16-17-11-8-7-9-12-17;1-21(2,3)18(23-19(26)31-22(4,5)6)15-24-13-10-14-25(32(24,28)29)20(27)30-16-17-11-8-7-9-12-17/h7-9,11-12,18,24H,10,13-16H2,1-6H3,(H,25,27);7-9,11-12,18H,10,13-16H2,1-6H3,(H,23,26)/t2*18-/m11/s1. The van der Waals surface area contributed by atoms with E-state index in [0.717, 1.165) is 15.4 Å². The van der Waals surface area contributed by atoms with Crippen LogP contribution in [0.2, 0.25) is 0 Å². The Morgan fingerprint density at radius 1 is 0.723 bits per heavy atom. The van der Waals surface area contributed by atoms with Crippen molar-refractivity contribution in [2.45, 2.75) is 132 Å². The van der Waals surface area contributed by atoms with Gasteiger partial charge in [0.25, 0.3) is 0 Å². The Bertz CT molecular complexity index is 2050. The first-order valence-electron chi connectivity index (χ1n) is 21.4. The number of nitrogens with one attached hydrogen (secondary N) is 3. The second kappa shape index (κ2) is 24.5. The number of alkyl halides is 1. The molecule has 0 bridgehead atoms. The maximum Gasteiger partial charge on any atom is 0.424 e. The van der Waals surface area contributed by atoms with Crippen molar-refractivity contribution in [3.8, 4) is 0 Å². The molecule has 21 heteroatoms. The number of carbonyl (C=O) groups excluding carboxylic acids is 4. The number of benzene rings is 2. The zero-order chi connectivity index (χ0) is 49.4. The van der Waals surface area contributed by atoms with Crippen molar-refractivity contribution in [3.05, 3.63) is 71.8 Å². The van der Waals surface area contributed by atoms with Crippen LogP contribution in [-0.4, -0.2) is 115 Å².